The predicted octanol–water partition coefficient (Wildman–Crippen LogP) is 2.51. The number of aromatic nitrogens is 1. The highest BCUT2D eigenvalue weighted by atomic mass is 15.2. The van der Waals surface area contributed by atoms with Gasteiger partial charge in [-0.15, -0.1) is 0 Å². The molecule has 3 rings (SSSR count). The summed E-state index contributed by atoms with van der Waals surface area (Å²) in [6, 6.07) is 12.9. The predicted molar refractivity (Wildman–Crippen MR) is 69.5 cm³/mol. The zero-order chi connectivity index (χ0) is 11.8. The molecule has 0 fully saturated rings. The van der Waals surface area contributed by atoms with Crippen LogP contribution in [0.5, 0.6) is 0 Å². The first kappa shape index (κ1) is 10.3. The van der Waals surface area contributed by atoms with Crippen molar-refractivity contribution in [2.45, 2.75) is 13.3 Å². The van der Waals surface area contributed by atoms with Crippen molar-refractivity contribution in [1.82, 2.24) is 0 Å². The van der Waals surface area contributed by atoms with Gasteiger partial charge in [-0.05, 0) is 30.7 Å². The Morgan fingerprint density at radius 1 is 1.12 bits per heavy atom. The van der Waals surface area contributed by atoms with Crippen LogP contribution in [0.3, 0.4) is 0 Å². The molecule has 0 unspecified atom stereocenters. The van der Waals surface area contributed by atoms with Gasteiger partial charge in [0.1, 0.15) is 5.69 Å². The molecule has 17 heavy (non-hydrogen) atoms. The molecule has 0 bridgehead atoms. The molecule has 2 nitrogen and oxygen atoms in total. The number of benzene rings is 1. The first-order chi connectivity index (χ1) is 8.27. The molecular formula is C15H17N2+. The molecule has 2 heterocycles. The Morgan fingerprint density at radius 2 is 1.94 bits per heavy atom. The molecule has 2 aromatic rings. The second-order valence-corrected chi connectivity index (χ2v) is 4.66. The topological polar surface area (TPSA) is 7.12 Å². The third kappa shape index (κ3) is 1.60. The van der Waals surface area contributed by atoms with Gasteiger partial charge in [-0.3, -0.25) is 0 Å². The number of nitrogens with zero attached hydrogens (tertiary/aromatic N) is 2. The van der Waals surface area contributed by atoms with Crippen molar-refractivity contribution in [2.24, 2.45) is 7.05 Å². The van der Waals surface area contributed by atoms with Crippen molar-refractivity contribution in [3.05, 3.63) is 53.7 Å². The van der Waals surface area contributed by atoms with Gasteiger partial charge in [0.05, 0.1) is 19.8 Å². The fourth-order valence-corrected chi connectivity index (χ4v) is 2.66. The van der Waals surface area contributed by atoms with E-state index in [1.165, 1.54) is 22.6 Å². The Morgan fingerprint density at radius 3 is 2.76 bits per heavy atom. The number of para-hydroxylation sites is 1. The lowest BCUT2D eigenvalue weighted by atomic mass is 10.2. The summed E-state index contributed by atoms with van der Waals surface area (Å²) in [5, 5.41) is 0. The lowest BCUT2D eigenvalue weighted by Crippen LogP contribution is -2.35. The Labute approximate surface area is 102 Å². The smallest absolute Gasteiger partial charge is 0.237 e. The summed E-state index contributed by atoms with van der Waals surface area (Å²) in [4.78, 5) is 2.42. The molecule has 0 saturated carbocycles. The van der Waals surface area contributed by atoms with Gasteiger partial charge in [0, 0.05) is 12.0 Å². The number of hydrogen-bond acceptors (Lipinski definition) is 1. The minimum absolute atomic E-state index is 1.08. The lowest BCUT2D eigenvalue weighted by molar-refractivity contribution is -0.658. The SMILES string of the molecule is Cc1ccccc1N1CCc2ccc[n+](C)c21. The van der Waals surface area contributed by atoms with E-state index in [9.17, 15) is 0 Å². The van der Waals surface area contributed by atoms with Crippen LogP contribution >= 0.6 is 0 Å². The van der Waals surface area contributed by atoms with Crippen molar-refractivity contribution in [3.63, 3.8) is 0 Å². The molecule has 1 aromatic heterocycles. The van der Waals surface area contributed by atoms with Gasteiger partial charge in [0.25, 0.3) is 5.82 Å². The first-order valence-electron chi connectivity index (χ1n) is 6.08. The van der Waals surface area contributed by atoms with Crippen molar-refractivity contribution in [3.8, 4) is 0 Å². The molecule has 0 amide bonds. The number of hydrogen-bond donors (Lipinski definition) is 0. The second-order valence-electron chi connectivity index (χ2n) is 4.66. The molecule has 1 aliphatic rings. The largest absolute Gasteiger partial charge is 0.284 e. The van der Waals surface area contributed by atoms with Crippen molar-refractivity contribution < 1.29 is 4.57 Å². The minimum Gasteiger partial charge on any atom is -0.237 e. The molecule has 1 aliphatic heterocycles. The van der Waals surface area contributed by atoms with E-state index in [2.05, 4.69) is 66.0 Å². The molecule has 86 valence electrons. The summed E-state index contributed by atoms with van der Waals surface area (Å²) in [5.41, 5.74) is 4.11. The van der Waals surface area contributed by atoms with Crippen molar-refractivity contribution in [2.75, 3.05) is 11.4 Å². The van der Waals surface area contributed by atoms with Crippen LogP contribution < -0.4 is 9.47 Å². The fourth-order valence-electron chi connectivity index (χ4n) is 2.66. The molecule has 0 N–H and O–H groups in total. The Bertz CT molecular complexity index is 561. The van der Waals surface area contributed by atoms with Crippen LogP contribution in [-0.4, -0.2) is 6.54 Å². The van der Waals surface area contributed by atoms with Gasteiger partial charge >= 0.3 is 0 Å². The Hall–Kier alpha value is -1.83. The summed E-state index contributed by atoms with van der Waals surface area (Å²) in [7, 11) is 2.12. The molecule has 0 radical (unpaired) electrons. The molecule has 0 atom stereocenters. The van der Waals surface area contributed by atoms with Gasteiger partial charge < -0.3 is 0 Å². The highest BCUT2D eigenvalue weighted by molar-refractivity contribution is 5.66. The summed E-state index contributed by atoms with van der Waals surface area (Å²) in [6.07, 6.45) is 3.26. The zero-order valence-corrected chi connectivity index (χ0v) is 10.4. The zero-order valence-electron chi connectivity index (χ0n) is 10.4. The van der Waals surface area contributed by atoms with Crippen LogP contribution in [-0.2, 0) is 13.5 Å². The van der Waals surface area contributed by atoms with E-state index >= 15 is 0 Å². The molecule has 1 aromatic carbocycles. The molecule has 0 aliphatic carbocycles. The molecule has 0 spiro atoms. The maximum atomic E-state index is 2.42. The number of rotatable bonds is 1. The average molecular weight is 225 g/mol. The number of pyridine rings is 1. The molecule has 2 heteroatoms. The van der Waals surface area contributed by atoms with Crippen LogP contribution in [0.4, 0.5) is 11.5 Å². The third-order valence-electron chi connectivity index (χ3n) is 3.50. The average Bonchev–Trinajstić information content (AvgIpc) is 2.75. The quantitative estimate of drug-likeness (QED) is 0.676. The van der Waals surface area contributed by atoms with Gasteiger partial charge in [-0.1, -0.05) is 18.2 Å². The standard InChI is InChI=1S/C15H17N2/c1-12-6-3-4-8-14(12)17-11-9-13-7-5-10-16(2)15(13)17/h3-8,10H,9,11H2,1-2H3/q+1. The van der Waals surface area contributed by atoms with Gasteiger partial charge in [-0.25, -0.2) is 9.47 Å². The third-order valence-corrected chi connectivity index (χ3v) is 3.50. The fraction of sp³-hybridized carbons (Fsp3) is 0.267. The van der Waals surface area contributed by atoms with Crippen molar-refractivity contribution >= 4 is 11.5 Å². The lowest BCUT2D eigenvalue weighted by Gasteiger charge is -2.14. The monoisotopic (exact) mass is 225 g/mol. The van der Waals surface area contributed by atoms with E-state index in [-0.39, 0.29) is 0 Å². The van der Waals surface area contributed by atoms with E-state index in [1.54, 1.807) is 0 Å². The maximum absolute atomic E-state index is 2.42. The summed E-state index contributed by atoms with van der Waals surface area (Å²) < 4.78 is 2.22. The summed E-state index contributed by atoms with van der Waals surface area (Å²) in [5.74, 6) is 1.34. The van der Waals surface area contributed by atoms with Crippen molar-refractivity contribution in [1.29, 1.82) is 0 Å². The van der Waals surface area contributed by atoms with E-state index in [0.29, 0.717) is 0 Å². The van der Waals surface area contributed by atoms with E-state index < -0.39 is 0 Å². The van der Waals surface area contributed by atoms with Crippen LogP contribution in [0, 0.1) is 6.92 Å². The number of aryl methyl sites for hydroxylation is 2. The van der Waals surface area contributed by atoms with Gasteiger partial charge in [0.2, 0.25) is 0 Å². The van der Waals surface area contributed by atoms with E-state index in [1.807, 2.05) is 0 Å². The van der Waals surface area contributed by atoms with E-state index in [0.717, 1.165) is 13.0 Å². The van der Waals surface area contributed by atoms with Crippen LogP contribution in [0.15, 0.2) is 42.6 Å². The molecular weight excluding hydrogens is 208 g/mol. The second kappa shape index (κ2) is 3.88. The maximum Gasteiger partial charge on any atom is 0.284 e. The first-order valence-corrected chi connectivity index (χ1v) is 6.08. The highest BCUT2D eigenvalue weighted by Crippen LogP contribution is 2.32. The van der Waals surface area contributed by atoms with Gasteiger partial charge in [-0.2, -0.15) is 0 Å². The highest BCUT2D eigenvalue weighted by Gasteiger charge is 2.31. The number of fused-ring (bicyclic) bond motifs is 1. The normalized spacial score (nSPS) is 13.9. The van der Waals surface area contributed by atoms with Gasteiger partial charge in [0.15, 0.2) is 0 Å². The summed E-state index contributed by atoms with van der Waals surface area (Å²) >= 11 is 0. The summed E-state index contributed by atoms with van der Waals surface area (Å²) in [6.45, 7) is 3.26. The van der Waals surface area contributed by atoms with Crippen LogP contribution in [0.25, 0.3) is 0 Å². The number of anilines is 2. The van der Waals surface area contributed by atoms with Crippen LogP contribution in [0.2, 0.25) is 0 Å². The Kier molecular flexibility index (Phi) is 2.36. The van der Waals surface area contributed by atoms with Crippen LogP contribution in [0.1, 0.15) is 11.1 Å². The molecule has 0 saturated heterocycles. The van der Waals surface area contributed by atoms with E-state index in [4.69, 9.17) is 0 Å². The minimum atomic E-state index is 1.08. The Balaban J connectivity index is 2.13.